The van der Waals surface area contributed by atoms with Crippen LogP contribution in [0.25, 0.3) is 11.6 Å². The fourth-order valence-corrected chi connectivity index (χ4v) is 4.82. The largest absolute Gasteiger partial charge is 0.297 e. The summed E-state index contributed by atoms with van der Waals surface area (Å²) in [5.41, 5.74) is -0.257. The number of ketones is 1. The van der Waals surface area contributed by atoms with E-state index in [0.29, 0.717) is 27.2 Å². The minimum absolute atomic E-state index is 0.0278. The first-order chi connectivity index (χ1) is 14.8. The number of Topliss-reactive ketones (excluding diaryl/α,β-unsaturated/α-hetero) is 1. The second-order valence-electron chi connectivity index (χ2n) is 7.85. The van der Waals surface area contributed by atoms with Gasteiger partial charge in [-0.15, -0.1) is 23.1 Å². The number of benzene rings is 1. The lowest BCUT2D eigenvalue weighted by molar-refractivity contribution is -0.120. The van der Waals surface area contributed by atoms with Gasteiger partial charge in [-0.3, -0.25) is 19.1 Å². The third kappa shape index (κ3) is 5.60. The van der Waals surface area contributed by atoms with Gasteiger partial charge < -0.3 is 0 Å². The molecule has 0 saturated carbocycles. The molecule has 1 aromatic carbocycles. The predicted molar refractivity (Wildman–Crippen MR) is 126 cm³/mol. The Morgan fingerprint density at radius 1 is 1.19 bits per heavy atom. The van der Waals surface area contributed by atoms with Crippen molar-refractivity contribution in [3.63, 3.8) is 0 Å². The molecular weight excluding hydrogens is 426 g/mol. The van der Waals surface area contributed by atoms with Gasteiger partial charge in [0.2, 0.25) is 0 Å². The summed E-state index contributed by atoms with van der Waals surface area (Å²) < 4.78 is 2.41. The maximum Gasteiger partial charge on any atom is 0.269 e. The molecule has 0 radical (unpaired) electrons. The van der Waals surface area contributed by atoms with E-state index in [1.54, 1.807) is 55.4 Å². The normalized spacial score (nSPS) is 13.0. The first kappa shape index (κ1) is 22.7. The van der Waals surface area contributed by atoms with Crippen LogP contribution in [0.5, 0.6) is 0 Å². The van der Waals surface area contributed by atoms with Crippen molar-refractivity contribution in [3.8, 4) is 6.07 Å². The molecule has 7 heteroatoms. The van der Waals surface area contributed by atoms with Gasteiger partial charge in [-0.1, -0.05) is 45.0 Å². The lowest BCUT2D eigenvalue weighted by atomic mass is 9.87. The molecule has 0 saturated heterocycles. The number of hydrogen-bond acceptors (Lipinski definition) is 6. The third-order valence-corrected chi connectivity index (χ3v) is 6.56. The van der Waals surface area contributed by atoms with Crippen LogP contribution < -0.4 is 14.8 Å². The van der Waals surface area contributed by atoms with E-state index in [0.717, 1.165) is 4.90 Å². The first-order valence-corrected chi connectivity index (χ1v) is 11.6. The number of rotatable bonds is 6. The Morgan fingerprint density at radius 2 is 1.90 bits per heavy atom. The van der Waals surface area contributed by atoms with Crippen molar-refractivity contribution in [1.29, 1.82) is 5.26 Å². The Balaban J connectivity index is 2.12. The monoisotopic (exact) mass is 449 g/mol. The molecule has 0 fully saturated rings. The molecule has 0 spiro atoms. The van der Waals surface area contributed by atoms with E-state index in [9.17, 15) is 14.9 Å². The lowest BCUT2D eigenvalue weighted by Gasteiger charge is -2.15. The van der Waals surface area contributed by atoms with Crippen LogP contribution >= 0.6 is 23.1 Å². The molecule has 2 heterocycles. The number of carbonyl (C=O) groups is 1. The second-order valence-corrected chi connectivity index (χ2v) is 10.1. The summed E-state index contributed by atoms with van der Waals surface area (Å²) in [6, 6.07) is 17.4. The van der Waals surface area contributed by atoms with Gasteiger partial charge in [0, 0.05) is 28.8 Å². The predicted octanol–water partition coefficient (Wildman–Crippen LogP) is 3.22. The SMILES string of the molecule is CC(C)(C)C(=O)/C(C#N)=c1\s/c(=C/c2ccccn2)c(=O)n1CCSc1ccccc1. The van der Waals surface area contributed by atoms with E-state index >= 15 is 0 Å². The van der Waals surface area contributed by atoms with Gasteiger partial charge in [0.25, 0.3) is 5.56 Å². The van der Waals surface area contributed by atoms with Gasteiger partial charge in [0.1, 0.15) is 16.3 Å². The molecule has 0 amide bonds. The highest BCUT2D eigenvalue weighted by Gasteiger charge is 2.27. The van der Waals surface area contributed by atoms with Crippen LogP contribution in [0, 0.1) is 16.7 Å². The third-order valence-electron chi connectivity index (χ3n) is 4.44. The summed E-state index contributed by atoms with van der Waals surface area (Å²) in [5, 5.41) is 9.79. The first-order valence-electron chi connectivity index (χ1n) is 9.80. The van der Waals surface area contributed by atoms with Crippen LogP contribution in [0.4, 0.5) is 0 Å². The Morgan fingerprint density at radius 3 is 2.52 bits per heavy atom. The van der Waals surface area contributed by atoms with Crippen molar-refractivity contribution >= 4 is 40.5 Å². The zero-order valence-electron chi connectivity index (χ0n) is 17.7. The number of nitrogens with zero attached hydrogens (tertiary/aromatic N) is 3. The Kier molecular flexibility index (Phi) is 7.26. The van der Waals surface area contributed by atoms with Crippen LogP contribution in [0.15, 0.2) is 64.4 Å². The summed E-state index contributed by atoms with van der Waals surface area (Å²) >= 11 is 2.79. The molecule has 0 N–H and O–H groups in total. The summed E-state index contributed by atoms with van der Waals surface area (Å²) in [7, 11) is 0. The highest BCUT2D eigenvalue weighted by molar-refractivity contribution is 7.99. The van der Waals surface area contributed by atoms with Crippen LogP contribution in [0.3, 0.4) is 0 Å². The molecule has 3 aromatic rings. The van der Waals surface area contributed by atoms with Crippen LogP contribution in [0.2, 0.25) is 0 Å². The second kappa shape index (κ2) is 9.90. The van der Waals surface area contributed by atoms with Gasteiger partial charge in [-0.2, -0.15) is 5.26 Å². The Hall–Kier alpha value is -2.95. The summed E-state index contributed by atoms with van der Waals surface area (Å²) in [5.74, 6) is 0.365. The van der Waals surface area contributed by atoms with Crippen molar-refractivity contribution in [2.24, 2.45) is 5.41 Å². The molecule has 0 aliphatic carbocycles. The number of carbonyl (C=O) groups excluding carboxylic acids is 1. The maximum atomic E-state index is 13.2. The Labute approximate surface area is 189 Å². The average Bonchev–Trinajstić information content (AvgIpc) is 3.05. The summed E-state index contributed by atoms with van der Waals surface area (Å²) in [6.45, 7) is 5.71. The molecule has 0 unspecified atom stereocenters. The molecule has 3 rings (SSSR count). The number of hydrogen-bond donors (Lipinski definition) is 0. The Bertz CT molecular complexity index is 1280. The van der Waals surface area contributed by atoms with Crippen molar-refractivity contribution in [3.05, 3.63) is 80.0 Å². The zero-order valence-corrected chi connectivity index (χ0v) is 19.3. The van der Waals surface area contributed by atoms with E-state index < -0.39 is 5.41 Å². The smallest absolute Gasteiger partial charge is 0.269 e. The van der Waals surface area contributed by atoms with Crippen molar-refractivity contribution in [1.82, 2.24) is 9.55 Å². The van der Waals surface area contributed by atoms with Gasteiger partial charge in [-0.05, 0) is 30.3 Å². The number of aromatic nitrogens is 2. The maximum absolute atomic E-state index is 13.2. The molecule has 0 aliphatic rings. The highest BCUT2D eigenvalue weighted by atomic mass is 32.2. The van der Waals surface area contributed by atoms with Gasteiger partial charge in [0.05, 0.1) is 10.2 Å². The zero-order chi connectivity index (χ0) is 22.4. The number of nitriles is 1. The van der Waals surface area contributed by atoms with E-state index in [4.69, 9.17) is 0 Å². The molecule has 0 bridgehead atoms. The van der Waals surface area contributed by atoms with Gasteiger partial charge >= 0.3 is 0 Å². The fourth-order valence-electron chi connectivity index (χ4n) is 2.85. The van der Waals surface area contributed by atoms with Crippen LogP contribution in [0.1, 0.15) is 26.5 Å². The van der Waals surface area contributed by atoms with Gasteiger partial charge in [0.15, 0.2) is 5.78 Å². The van der Waals surface area contributed by atoms with Crippen molar-refractivity contribution in [2.45, 2.75) is 32.2 Å². The molecular formula is C24H23N3O2S2. The molecule has 0 atom stereocenters. The van der Waals surface area contributed by atoms with Crippen LogP contribution in [-0.2, 0) is 11.3 Å². The van der Waals surface area contributed by atoms with Crippen LogP contribution in [-0.4, -0.2) is 21.1 Å². The number of thioether (sulfide) groups is 1. The van der Waals surface area contributed by atoms with Gasteiger partial charge in [-0.25, -0.2) is 0 Å². The van der Waals surface area contributed by atoms with E-state index in [1.807, 2.05) is 42.5 Å². The minimum atomic E-state index is -0.723. The standard InChI is InChI=1S/C24H23N3O2S2/c1-24(2,3)21(28)19(16-25)23-27(13-14-30-18-10-5-4-6-11-18)22(29)20(31-23)15-17-9-7-8-12-26-17/h4-12,15H,13-14H2,1-3H3/b20-15+,23-19-. The topological polar surface area (TPSA) is 75.8 Å². The number of pyridine rings is 1. The van der Waals surface area contributed by atoms with E-state index in [-0.39, 0.29) is 16.9 Å². The highest BCUT2D eigenvalue weighted by Crippen LogP contribution is 2.20. The summed E-state index contributed by atoms with van der Waals surface area (Å²) in [6.07, 6.45) is 3.36. The molecule has 31 heavy (non-hydrogen) atoms. The quantitative estimate of drug-likeness (QED) is 0.540. The molecule has 0 aliphatic heterocycles. The van der Waals surface area contributed by atoms with E-state index in [1.165, 1.54) is 11.3 Å². The minimum Gasteiger partial charge on any atom is -0.297 e. The molecule has 2 aromatic heterocycles. The molecule has 5 nitrogen and oxygen atoms in total. The lowest BCUT2D eigenvalue weighted by Crippen LogP contribution is -2.35. The van der Waals surface area contributed by atoms with Crippen molar-refractivity contribution < 1.29 is 4.79 Å². The van der Waals surface area contributed by atoms with E-state index in [2.05, 4.69) is 11.1 Å². The molecule has 158 valence electrons. The summed E-state index contributed by atoms with van der Waals surface area (Å²) in [4.78, 5) is 31.5. The number of thiazole rings is 1. The fraction of sp³-hybridized carbons (Fsp3) is 0.250. The average molecular weight is 450 g/mol. The van der Waals surface area contributed by atoms with Crippen molar-refractivity contribution in [2.75, 3.05) is 5.75 Å².